The average Bonchev–Trinajstić information content (AvgIpc) is 2.94. The molecule has 1 aliphatic heterocycles. The van der Waals surface area contributed by atoms with Gasteiger partial charge < -0.3 is 9.88 Å². The van der Waals surface area contributed by atoms with Crippen LogP contribution in [0.3, 0.4) is 0 Å². The number of hydrogen-bond acceptors (Lipinski definition) is 2. The van der Waals surface area contributed by atoms with Crippen molar-refractivity contribution in [2.75, 3.05) is 13.6 Å². The number of hydrogen-bond donors (Lipinski definition) is 1. The normalized spacial score (nSPS) is 30.1. The number of fused-ring (bicyclic) bond motifs is 2. The molecule has 1 unspecified atom stereocenters. The fourth-order valence-corrected chi connectivity index (χ4v) is 5.31. The summed E-state index contributed by atoms with van der Waals surface area (Å²) in [7, 11) is 2.26. The standard InChI is InChI=1S/C20H25N3/c1-3-7-20(8-9-21)11-16-15-5-4-6-17-19(15)14(12-22-17)10-18(16)23(2)13-20/h4-6,12,16,18,22H,3,7-8,10-11,13H2,1-2H3/t16-,18-,20?/m0/s1. The summed E-state index contributed by atoms with van der Waals surface area (Å²) in [6, 6.07) is 9.75. The second-order valence-corrected chi connectivity index (χ2v) is 7.67. The van der Waals surface area contributed by atoms with Gasteiger partial charge in [-0.3, -0.25) is 0 Å². The molecule has 0 spiro atoms. The largest absolute Gasteiger partial charge is 0.361 e. The summed E-state index contributed by atoms with van der Waals surface area (Å²) in [6.07, 6.45) is 7.49. The average molecular weight is 307 g/mol. The van der Waals surface area contributed by atoms with Gasteiger partial charge in [0.05, 0.1) is 6.07 Å². The molecule has 2 heterocycles. The fraction of sp³-hybridized carbons (Fsp3) is 0.550. The lowest BCUT2D eigenvalue weighted by Gasteiger charge is -2.51. The first kappa shape index (κ1) is 14.8. The van der Waals surface area contributed by atoms with Gasteiger partial charge in [-0.2, -0.15) is 5.26 Å². The van der Waals surface area contributed by atoms with E-state index in [-0.39, 0.29) is 5.41 Å². The Bertz CT molecular complexity index is 769. The highest BCUT2D eigenvalue weighted by atomic mass is 15.2. The maximum atomic E-state index is 9.40. The molecule has 0 saturated carbocycles. The Kier molecular flexibility index (Phi) is 3.46. The molecular formula is C20H25N3. The molecule has 3 nitrogen and oxygen atoms in total. The quantitative estimate of drug-likeness (QED) is 0.923. The van der Waals surface area contributed by atoms with Crippen LogP contribution in [-0.4, -0.2) is 29.5 Å². The first-order chi connectivity index (χ1) is 11.2. The number of H-pyrrole nitrogens is 1. The highest BCUT2D eigenvalue weighted by Crippen LogP contribution is 2.50. The lowest BCUT2D eigenvalue weighted by molar-refractivity contribution is 0.0375. The van der Waals surface area contributed by atoms with Gasteiger partial charge in [-0.25, -0.2) is 0 Å². The zero-order valence-electron chi connectivity index (χ0n) is 14.1. The van der Waals surface area contributed by atoms with Crippen molar-refractivity contribution in [3.8, 4) is 6.07 Å². The number of nitrogens with zero attached hydrogens (tertiary/aromatic N) is 2. The number of aromatic nitrogens is 1. The van der Waals surface area contributed by atoms with Crippen molar-refractivity contribution in [2.24, 2.45) is 5.41 Å². The lowest BCUT2D eigenvalue weighted by Crippen LogP contribution is -2.52. The number of rotatable bonds is 3. The van der Waals surface area contributed by atoms with Gasteiger partial charge in [-0.15, -0.1) is 0 Å². The molecule has 120 valence electrons. The van der Waals surface area contributed by atoms with E-state index in [4.69, 9.17) is 0 Å². The van der Waals surface area contributed by atoms with Gasteiger partial charge in [-0.05, 0) is 48.9 Å². The summed E-state index contributed by atoms with van der Waals surface area (Å²) < 4.78 is 0. The van der Waals surface area contributed by atoms with Crippen LogP contribution in [0, 0.1) is 16.7 Å². The van der Waals surface area contributed by atoms with Gasteiger partial charge >= 0.3 is 0 Å². The summed E-state index contributed by atoms with van der Waals surface area (Å²) in [4.78, 5) is 5.98. The molecule has 3 atom stereocenters. The SMILES string of the molecule is CCCC1(CC#N)C[C@H]2c3cccc4[nH]cc(c34)C[C@@H]2N(C)C1. The van der Waals surface area contributed by atoms with E-state index in [1.165, 1.54) is 22.0 Å². The topological polar surface area (TPSA) is 42.8 Å². The van der Waals surface area contributed by atoms with E-state index in [0.29, 0.717) is 18.4 Å². The second kappa shape index (κ2) is 5.39. The van der Waals surface area contributed by atoms with Gasteiger partial charge in [0.2, 0.25) is 0 Å². The van der Waals surface area contributed by atoms with Gasteiger partial charge in [0.15, 0.2) is 0 Å². The molecule has 0 bridgehead atoms. The van der Waals surface area contributed by atoms with Crippen molar-refractivity contribution >= 4 is 10.9 Å². The van der Waals surface area contributed by atoms with Crippen LogP contribution in [0.25, 0.3) is 10.9 Å². The molecule has 1 aromatic carbocycles. The molecule has 1 aromatic heterocycles. The van der Waals surface area contributed by atoms with Crippen molar-refractivity contribution in [2.45, 2.75) is 51.0 Å². The molecule has 23 heavy (non-hydrogen) atoms. The number of benzene rings is 1. The van der Waals surface area contributed by atoms with Crippen LogP contribution in [0.1, 0.15) is 49.7 Å². The van der Waals surface area contributed by atoms with Gasteiger partial charge in [-0.1, -0.05) is 25.5 Å². The number of nitrogens with one attached hydrogen (secondary N) is 1. The predicted octanol–water partition coefficient (Wildman–Crippen LogP) is 4.21. The zero-order valence-corrected chi connectivity index (χ0v) is 14.1. The molecule has 0 amide bonds. The minimum Gasteiger partial charge on any atom is -0.361 e. The molecule has 3 heteroatoms. The number of likely N-dealkylation sites (N-methyl/N-ethyl adjacent to an activating group) is 1. The Balaban J connectivity index is 1.80. The number of likely N-dealkylation sites (tertiary alicyclic amines) is 1. The van der Waals surface area contributed by atoms with Gasteiger partial charge in [0.25, 0.3) is 0 Å². The molecule has 1 aliphatic carbocycles. The Morgan fingerprint density at radius 1 is 1.43 bits per heavy atom. The lowest BCUT2D eigenvalue weighted by atomic mass is 9.64. The summed E-state index contributed by atoms with van der Waals surface area (Å²) in [5.74, 6) is 0.556. The minimum absolute atomic E-state index is 0.162. The van der Waals surface area contributed by atoms with E-state index in [1.54, 1.807) is 0 Å². The smallest absolute Gasteiger partial charge is 0.0628 e. The minimum atomic E-state index is 0.162. The van der Waals surface area contributed by atoms with Crippen molar-refractivity contribution in [3.63, 3.8) is 0 Å². The first-order valence-corrected chi connectivity index (χ1v) is 8.83. The van der Waals surface area contributed by atoms with Crippen LogP contribution >= 0.6 is 0 Å². The molecule has 2 aromatic rings. The third kappa shape index (κ3) is 2.20. The third-order valence-corrected chi connectivity index (χ3v) is 6.15. The van der Waals surface area contributed by atoms with Gasteiger partial charge in [0, 0.05) is 42.0 Å². The second-order valence-electron chi connectivity index (χ2n) is 7.67. The maximum absolute atomic E-state index is 9.40. The maximum Gasteiger partial charge on any atom is 0.0628 e. The molecule has 1 N–H and O–H groups in total. The molecule has 0 radical (unpaired) electrons. The van der Waals surface area contributed by atoms with E-state index >= 15 is 0 Å². The first-order valence-electron chi connectivity index (χ1n) is 8.83. The molecular weight excluding hydrogens is 282 g/mol. The van der Waals surface area contributed by atoms with E-state index in [0.717, 1.165) is 32.2 Å². The Morgan fingerprint density at radius 3 is 3.09 bits per heavy atom. The number of nitriles is 1. The van der Waals surface area contributed by atoms with Crippen LogP contribution < -0.4 is 0 Å². The summed E-state index contributed by atoms with van der Waals surface area (Å²) in [6.45, 7) is 3.31. The highest BCUT2D eigenvalue weighted by Gasteiger charge is 2.45. The van der Waals surface area contributed by atoms with Crippen molar-refractivity contribution in [1.29, 1.82) is 5.26 Å². The molecule has 1 saturated heterocycles. The summed E-state index contributed by atoms with van der Waals surface area (Å²) >= 11 is 0. The fourth-order valence-electron chi connectivity index (χ4n) is 5.31. The van der Waals surface area contributed by atoms with Crippen LogP contribution in [0.15, 0.2) is 24.4 Å². The van der Waals surface area contributed by atoms with Crippen molar-refractivity contribution in [3.05, 3.63) is 35.5 Å². The Morgan fingerprint density at radius 2 is 2.30 bits per heavy atom. The molecule has 1 fully saturated rings. The summed E-state index contributed by atoms with van der Waals surface area (Å²) in [5, 5.41) is 10.8. The zero-order chi connectivity index (χ0) is 16.0. The molecule has 2 aliphatic rings. The molecule has 4 rings (SSSR count). The van der Waals surface area contributed by atoms with Crippen molar-refractivity contribution in [1.82, 2.24) is 9.88 Å². The predicted molar refractivity (Wildman–Crippen MR) is 93.3 cm³/mol. The van der Waals surface area contributed by atoms with Crippen LogP contribution in [0.2, 0.25) is 0 Å². The number of piperidine rings is 1. The summed E-state index contributed by atoms with van der Waals surface area (Å²) in [5.41, 5.74) is 4.40. The Hall–Kier alpha value is -1.79. The van der Waals surface area contributed by atoms with E-state index in [1.807, 2.05) is 0 Å². The number of aromatic amines is 1. The van der Waals surface area contributed by atoms with Crippen LogP contribution in [-0.2, 0) is 6.42 Å². The van der Waals surface area contributed by atoms with Crippen LogP contribution in [0.4, 0.5) is 0 Å². The van der Waals surface area contributed by atoms with Gasteiger partial charge in [0.1, 0.15) is 0 Å². The van der Waals surface area contributed by atoms with Crippen LogP contribution in [0.5, 0.6) is 0 Å². The van der Waals surface area contributed by atoms with E-state index in [2.05, 4.69) is 54.3 Å². The third-order valence-electron chi connectivity index (χ3n) is 6.15. The van der Waals surface area contributed by atoms with Crippen molar-refractivity contribution < 1.29 is 0 Å². The Labute approximate surface area is 138 Å². The van der Waals surface area contributed by atoms with E-state index < -0.39 is 0 Å². The van der Waals surface area contributed by atoms with E-state index in [9.17, 15) is 5.26 Å². The highest BCUT2D eigenvalue weighted by molar-refractivity contribution is 5.88. The monoisotopic (exact) mass is 307 g/mol.